The number of aromatic nitrogens is 3. The Kier molecular flexibility index (Phi) is 4.33. The molecule has 0 aliphatic carbocycles. The van der Waals surface area contributed by atoms with Crippen molar-refractivity contribution in [1.82, 2.24) is 15.2 Å². The van der Waals surface area contributed by atoms with Crippen molar-refractivity contribution in [3.63, 3.8) is 0 Å². The number of rotatable bonds is 5. The summed E-state index contributed by atoms with van der Waals surface area (Å²) in [6.45, 7) is 3.85. The minimum absolute atomic E-state index is 0.198. The second-order valence-electron chi connectivity index (χ2n) is 4.07. The Hall–Kier alpha value is -1.40. The van der Waals surface area contributed by atoms with Gasteiger partial charge in [-0.25, -0.2) is 4.98 Å². The van der Waals surface area contributed by atoms with Crippen LogP contribution >= 0.6 is 11.8 Å². The molecule has 0 spiro atoms. The Morgan fingerprint density at radius 2 is 2.22 bits per heavy atom. The topological polar surface area (TPSA) is 77.8 Å². The van der Waals surface area contributed by atoms with Gasteiger partial charge in [-0.15, -0.1) is 10.2 Å². The zero-order valence-electron chi connectivity index (χ0n) is 10.5. The van der Waals surface area contributed by atoms with Crippen LogP contribution in [0.1, 0.15) is 24.8 Å². The molecule has 2 rings (SSSR count). The number of hydrogen-bond donors (Lipinski definition) is 1. The lowest BCUT2D eigenvalue weighted by Crippen LogP contribution is -2.21. The molecule has 0 radical (unpaired) electrons. The summed E-state index contributed by atoms with van der Waals surface area (Å²) in [5.41, 5.74) is 7.05. The zero-order chi connectivity index (χ0) is 13.0. The van der Waals surface area contributed by atoms with E-state index in [1.54, 1.807) is 6.92 Å². The molecule has 2 aromatic heterocycles. The van der Waals surface area contributed by atoms with E-state index in [-0.39, 0.29) is 6.04 Å². The van der Waals surface area contributed by atoms with Crippen molar-refractivity contribution in [1.29, 1.82) is 0 Å². The molecule has 1 atom stereocenters. The van der Waals surface area contributed by atoms with Crippen LogP contribution in [0.5, 0.6) is 0 Å². The van der Waals surface area contributed by atoms with Crippen LogP contribution in [0.4, 0.5) is 0 Å². The van der Waals surface area contributed by atoms with Gasteiger partial charge >= 0.3 is 0 Å². The highest BCUT2D eigenvalue weighted by molar-refractivity contribution is 7.99. The largest absolute Gasteiger partial charge is 0.416 e. The first-order valence-electron chi connectivity index (χ1n) is 5.86. The van der Waals surface area contributed by atoms with Crippen molar-refractivity contribution in [2.24, 2.45) is 5.73 Å². The van der Waals surface area contributed by atoms with Crippen molar-refractivity contribution in [2.75, 3.05) is 0 Å². The van der Waals surface area contributed by atoms with E-state index in [0.717, 1.165) is 23.4 Å². The van der Waals surface area contributed by atoms with Gasteiger partial charge in [0, 0.05) is 19.2 Å². The van der Waals surface area contributed by atoms with Crippen molar-refractivity contribution in [2.45, 2.75) is 43.0 Å². The first-order chi connectivity index (χ1) is 8.67. The number of pyridine rings is 1. The molecule has 2 N–H and O–H groups in total. The van der Waals surface area contributed by atoms with Gasteiger partial charge in [0.15, 0.2) is 0 Å². The fourth-order valence-electron chi connectivity index (χ4n) is 1.45. The Labute approximate surface area is 110 Å². The molecular formula is C12H16N4OS. The Morgan fingerprint density at radius 1 is 1.39 bits per heavy atom. The zero-order valence-corrected chi connectivity index (χ0v) is 11.3. The van der Waals surface area contributed by atoms with Crippen molar-refractivity contribution < 1.29 is 4.42 Å². The van der Waals surface area contributed by atoms with E-state index in [0.29, 0.717) is 11.1 Å². The summed E-state index contributed by atoms with van der Waals surface area (Å²) in [5, 5.41) is 9.03. The highest BCUT2D eigenvalue weighted by Gasteiger charge is 2.07. The molecule has 1 unspecified atom stereocenters. The van der Waals surface area contributed by atoms with Crippen molar-refractivity contribution in [3.8, 4) is 0 Å². The molecule has 0 aromatic carbocycles. The fourth-order valence-corrected chi connectivity index (χ4v) is 2.11. The summed E-state index contributed by atoms with van der Waals surface area (Å²) in [4.78, 5) is 4.35. The highest BCUT2D eigenvalue weighted by atomic mass is 32.2. The van der Waals surface area contributed by atoms with Crippen LogP contribution in [-0.4, -0.2) is 21.2 Å². The molecule has 6 heteroatoms. The molecule has 0 aliphatic heterocycles. The maximum Gasteiger partial charge on any atom is 0.282 e. The molecular weight excluding hydrogens is 248 g/mol. The van der Waals surface area contributed by atoms with Crippen LogP contribution in [-0.2, 0) is 6.42 Å². The van der Waals surface area contributed by atoms with Crippen LogP contribution in [0.25, 0.3) is 0 Å². The van der Waals surface area contributed by atoms with Crippen LogP contribution in [0.2, 0.25) is 0 Å². The van der Waals surface area contributed by atoms with E-state index in [1.807, 2.05) is 18.3 Å². The van der Waals surface area contributed by atoms with E-state index in [1.165, 1.54) is 11.8 Å². The normalized spacial score (nSPS) is 12.6. The van der Waals surface area contributed by atoms with Gasteiger partial charge in [0.2, 0.25) is 5.89 Å². The van der Waals surface area contributed by atoms with Crippen molar-refractivity contribution >= 4 is 11.8 Å². The highest BCUT2D eigenvalue weighted by Crippen LogP contribution is 2.24. The predicted molar refractivity (Wildman–Crippen MR) is 69.4 cm³/mol. The molecule has 0 saturated heterocycles. The smallest absolute Gasteiger partial charge is 0.282 e. The lowest BCUT2D eigenvalue weighted by atomic mass is 10.1. The predicted octanol–water partition coefficient (Wildman–Crippen LogP) is 2.20. The first kappa shape index (κ1) is 13.0. The Bertz CT molecular complexity index is 497. The first-order valence-corrected chi connectivity index (χ1v) is 6.67. The average Bonchev–Trinajstić information content (AvgIpc) is 2.77. The number of aryl methyl sites for hydroxylation is 1. The summed E-state index contributed by atoms with van der Waals surface area (Å²) >= 11 is 1.36. The third kappa shape index (κ3) is 3.54. The summed E-state index contributed by atoms with van der Waals surface area (Å²) in [7, 11) is 0. The molecule has 2 heterocycles. The minimum Gasteiger partial charge on any atom is -0.416 e. The summed E-state index contributed by atoms with van der Waals surface area (Å²) in [6.07, 6.45) is 3.67. The fraction of sp³-hybridized carbons (Fsp3) is 0.417. The molecule has 5 nitrogen and oxygen atoms in total. The average molecular weight is 264 g/mol. The lowest BCUT2D eigenvalue weighted by molar-refractivity contribution is 0.429. The SMILES string of the molecule is CCC(N)Cc1ccc(Sc2nnc(C)o2)nc1. The minimum atomic E-state index is 0.198. The lowest BCUT2D eigenvalue weighted by Gasteiger charge is -2.08. The summed E-state index contributed by atoms with van der Waals surface area (Å²) in [6, 6.07) is 4.18. The molecule has 0 saturated carbocycles. The van der Waals surface area contributed by atoms with E-state index in [4.69, 9.17) is 10.2 Å². The molecule has 0 amide bonds. The van der Waals surface area contributed by atoms with Gasteiger partial charge in [-0.2, -0.15) is 0 Å². The van der Waals surface area contributed by atoms with Crippen molar-refractivity contribution in [3.05, 3.63) is 29.8 Å². The molecule has 96 valence electrons. The standard InChI is InChI=1S/C12H16N4OS/c1-3-10(13)6-9-4-5-11(14-7-9)18-12-16-15-8(2)17-12/h4-5,7,10H,3,6,13H2,1-2H3. The second-order valence-corrected chi connectivity index (χ2v) is 5.04. The van der Waals surface area contributed by atoms with Gasteiger partial charge in [0.1, 0.15) is 5.03 Å². The second kappa shape index (κ2) is 5.97. The summed E-state index contributed by atoms with van der Waals surface area (Å²) in [5.74, 6) is 0.558. The van der Waals surface area contributed by atoms with Crippen LogP contribution in [0.3, 0.4) is 0 Å². The van der Waals surface area contributed by atoms with Crippen LogP contribution < -0.4 is 5.73 Å². The van der Waals surface area contributed by atoms with Gasteiger partial charge in [-0.3, -0.25) is 0 Å². The number of nitrogens with zero attached hydrogens (tertiary/aromatic N) is 3. The van der Waals surface area contributed by atoms with E-state index in [2.05, 4.69) is 22.1 Å². The van der Waals surface area contributed by atoms with E-state index >= 15 is 0 Å². The maximum absolute atomic E-state index is 5.90. The van der Waals surface area contributed by atoms with Gasteiger partial charge in [-0.05, 0) is 36.2 Å². The summed E-state index contributed by atoms with van der Waals surface area (Å²) < 4.78 is 5.28. The third-order valence-electron chi connectivity index (χ3n) is 2.52. The monoisotopic (exact) mass is 264 g/mol. The number of nitrogens with two attached hydrogens (primary N) is 1. The van der Waals surface area contributed by atoms with Crippen LogP contribution in [0, 0.1) is 6.92 Å². The molecule has 0 fully saturated rings. The van der Waals surface area contributed by atoms with E-state index < -0.39 is 0 Å². The van der Waals surface area contributed by atoms with Gasteiger partial charge in [0.05, 0.1) is 0 Å². The van der Waals surface area contributed by atoms with Gasteiger partial charge in [0.25, 0.3) is 5.22 Å². The maximum atomic E-state index is 5.90. The third-order valence-corrected chi connectivity index (χ3v) is 3.31. The Balaban J connectivity index is 1.99. The van der Waals surface area contributed by atoms with Gasteiger partial charge in [-0.1, -0.05) is 13.0 Å². The van der Waals surface area contributed by atoms with Gasteiger partial charge < -0.3 is 10.2 Å². The number of hydrogen-bond acceptors (Lipinski definition) is 6. The van der Waals surface area contributed by atoms with E-state index in [9.17, 15) is 0 Å². The van der Waals surface area contributed by atoms with Crippen LogP contribution in [0.15, 0.2) is 33.0 Å². The molecule has 2 aromatic rings. The molecule has 18 heavy (non-hydrogen) atoms. The Morgan fingerprint density at radius 3 is 2.78 bits per heavy atom. The molecule has 0 bridgehead atoms. The molecule has 0 aliphatic rings. The quantitative estimate of drug-likeness (QED) is 0.892.